The van der Waals surface area contributed by atoms with Crippen molar-refractivity contribution in [1.82, 2.24) is 0 Å². The van der Waals surface area contributed by atoms with E-state index >= 15 is 0 Å². The summed E-state index contributed by atoms with van der Waals surface area (Å²) < 4.78 is 2.40. The molecule has 3 heteroatoms. The molecule has 0 aliphatic rings. The molecule has 0 atom stereocenters. The third-order valence-corrected chi connectivity index (χ3v) is 2.73. The number of rotatable bonds is 0. The van der Waals surface area contributed by atoms with Crippen LogP contribution in [0.3, 0.4) is 0 Å². The minimum absolute atomic E-state index is 0. The van der Waals surface area contributed by atoms with Crippen molar-refractivity contribution in [3.8, 4) is 0 Å². The van der Waals surface area contributed by atoms with Gasteiger partial charge in [-0.05, 0) is 17.5 Å². The normalized spacial score (nSPS) is 9.55. The molecule has 0 saturated heterocycles. The van der Waals surface area contributed by atoms with E-state index in [0.717, 1.165) is 4.21 Å². The summed E-state index contributed by atoms with van der Waals surface area (Å²) in [6.45, 7) is 0. The summed E-state index contributed by atoms with van der Waals surface area (Å²) in [6, 6.07) is 10.4. The van der Waals surface area contributed by atoms with Gasteiger partial charge in [-0.1, -0.05) is 18.2 Å². The van der Waals surface area contributed by atoms with E-state index in [9.17, 15) is 0 Å². The van der Waals surface area contributed by atoms with Crippen molar-refractivity contribution in [3.05, 3.63) is 30.3 Å². The molecule has 1 aromatic heterocycles. The van der Waals surface area contributed by atoms with E-state index in [1.54, 1.807) is 11.3 Å². The number of fused-ring (bicyclic) bond motifs is 1. The Labute approximate surface area is 87.8 Å². The number of hydrogen-bond donors (Lipinski definition) is 1. The first-order valence-electron chi connectivity index (χ1n) is 3.04. The SMILES string of the molecule is Sc1cc2ccccc2s1.[Zn]. The van der Waals surface area contributed by atoms with Gasteiger partial charge < -0.3 is 0 Å². The molecule has 2 rings (SSSR count). The van der Waals surface area contributed by atoms with Crippen LogP contribution >= 0.6 is 24.0 Å². The fourth-order valence-electron chi connectivity index (χ4n) is 0.968. The Bertz CT molecular complexity index is 321. The summed E-state index contributed by atoms with van der Waals surface area (Å²) >= 11 is 5.98. The minimum atomic E-state index is 0. The zero-order chi connectivity index (χ0) is 6.97. The molecule has 0 amide bonds. The van der Waals surface area contributed by atoms with Gasteiger partial charge in [0.2, 0.25) is 0 Å². The van der Waals surface area contributed by atoms with E-state index in [4.69, 9.17) is 0 Å². The van der Waals surface area contributed by atoms with Crippen LogP contribution in [0.25, 0.3) is 10.1 Å². The van der Waals surface area contributed by atoms with Gasteiger partial charge in [0.1, 0.15) is 0 Å². The third kappa shape index (κ3) is 1.84. The van der Waals surface area contributed by atoms with Crippen LogP contribution < -0.4 is 0 Å². The van der Waals surface area contributed by atoms with E-state index in [2.05, 4.69) is 30.8 Å². The van der Waals surface area contributed by atoms with Crippen molar-refractivity contribution in [2.24, 2.45) is 0 Å². The van der Waals surface area contributed by atoms with Crippen LogP contribution in [0.15, 0.2) is 34.5 Å². The van der Waals surface area contributed by atoms with Crippen LogP contribution in [0.4, 0.5) is 0 Å². The van der Waals surface area contributed by atoms with Gasteiger partial charge in [0.05, 0.1) is 4.21 Å². The first kappa shape index (κ1) is 9.24. The topological polar surface area (TPSA) is 0 Å². The van der Waals surface area contributed by atoms with Crippen molar-refractivity contribution >= 4 is 34.1 Å². The molecule has 2 aromatic rings. The van der Waals surface area contributed by atoms with Crippen molar-refractivity contribution < 1.29 is 19.5 Å². The van der Waals surface area contributed by atoms with E-state index in [1.165, 1.54) is 10.1 Å². The van der Waals surface area contributed by atoms with Crippen LogP contribution in [-0.2, 0) is 19.5 Å². The van der Waals surface area contributed by atoms with Crippen molar-refractivity contribution in [3.63, 3.8) is 0 Å². The van der Waals surface area contributed by atoms with Crippen molar-refractivity contribution in [1.29, 1.82) is 0 Å². The van der Waals surface area contributed by atoms with Gasteiger partial charge in [-0.25, -0.2) is 0 Å². The van der Waals surface area contributed by atoms with E-state index in [0.29, 0.717) is 0 Å². The maximum atomic E-state index is 4.26. The molecular weight excluding hydrogens is 226 g/mol. The van der Waals surface area contributed by atoms with Crippen LogP contribution in [0.1, 0.15) is 0 Å². The zero-order valence-electron chi connectivity index (χ0n) is 5.95. The molecular formula is C8H6S2Zn. The second-order valence-electron chi connectivity index (χ2n) is 2.12. The third-order valence-electron chi connectivity index (χ3n) is 1.41. The summed E-state index contributed by atoms with van der Waals surface area (Å²) in [6.07, 6.45) is 0. The Morgan fingerprint density at radius 1 is 1.18 bits per heavy atom. The average Bonchev–Trinajstić information content (AvgIpc) is 2.27. The second kappa shape index (κ2) is 3.70. The summed E-state index contributed by atoms with van der Waals surface area (Å²) in [4.78, 5) is 0. The number of hydrogen-bond acceptors (Lipinski definition) is 2. The zero-order valence-corrected chi connectivity index (χ0v) is 10.6. The molecule has 0 spiro atoms. The second-order valence-corrected chi connectivity index (χ2v) is 3.99. The Kier molecular flexibility index (Phi) is 3.11. The largest absolute Gasteiger partial charge is 0.133 e. The molecule has 0 aliphatic carbocycles. The van der Waals surface area contributed by atoms with Gasteiger partial charge in [-0.15, -0.1) is 24.0 Å². The molecule has 0 fully saturated rings. The summed E-state index contributed by atoms with van der Waals surface area (Å²) in [5.74, 6) is 0. The molecule has 0 bridgehead atoms. The molecule has 0 unspecified atom stereocenters. The maximum absolute atomic E-state index is 4.26. The van der Waals surface area contributed by atoms with Gasteiger partial charge in [0, 0.05) is 24.2 Å². The van der Waals surface area contributed by atoms with Crippen molar-refractivity contribution in [2.45, 2.75) is 4.21 Å². The van der Waals surface area contributed by atoms with Crippen LogP contribution in [0.2, 0.25) is 0 Å². The average molecular weight is 232 g/mol. The standard InChI is InChI=1S/C8H6S2.Zn/c9-8-5-6-3-1-2-4-7(6)10-8;/h1-5,9H;. The van der Waals surface area contributed by atoms with Gasteiger partial charge in [-0.2, -0.15) is 0 Å². The van der Waals surface area contributed by atoms with Crippen LogP contribution in [-0.4, -0.2) is 0 Å². The molecule has 0 N–H and O–H groups in total. The molecule has 52 valence electrons. The van der Waals surface area contributed by atoms with Gasteiger partial charge in [0.25, 0.3) is 0 Å². The monoisotopic (exact) mass is 230 g/mol. The van der Waals surface area contributed by atoms with Gasteiger partial charge in [-0.3, -0.25) is 0 Å². The fourth-order valence-corrected chi connectivity index (χ4v) is 2.20. The first-order chi connectivity index (χ1) is 4.86. The van der Waals surface area contributed by atoms with Crippen LogP contribution in [0, 0.1) is 0 Å². The predicted octanol–water partition coefficient (Wildman–Crippen LogP) is 3.19. The smallest absolute Gasteiger partial charge is 0.0580 e. The summed E-state index contributed by atoms with van der Waals surface area (Å²) in [7, 11) is 0. The Hall–Kier alpha value is 0.153. The number of benzene rings is 1. The Morgan fingerprint density at radius 2 is 1.91 bits per heavy atom. The number of thiophene rings is 1. The fraction of sp³-hybridized carbons (Fsp3) is 0. The van der Waals surface area contributed by atoms with E-state index in [-0.39, 0.29) is 19.5 Å². The molecule has 1 heterocycles. The van der Waals surface area contributed by atoms with E-state index < -0.39 is 0 Å². The molecule has 0 radical (unpaired) electrons. The van der Waals surface area contributed by atoms with E-state index in [1.807, 2.05) is 12.1 Å². The van der Waals surface area contributed by atoms with Gasteiger partial charge >= 0.3 is 0 Å². The molecule has 0 nitrogen and oxygen atoms in total. The van der Waals surface area contributed by atoms with Crippen LogP contribution in [0.5, 0.6) is 0 Å². The summed E-state index contributed by atoms with van der Waals surface area (Å²) in [5.41, 5.74) is 0. The molecule has 1 aromatic carbocycles. The Balaban J connectivity index is 0.000000605. The molecule has 11 heavy (non-hydrogen) atoms. The van der Waals surface area contributed by atoms with Gasteiger partial charge in [0.15, 0.2) is 0 Å². The predicted molar refractivity (Wildman–Crippen MR) is 49.1 cm³/mol. The summed E-state index contributed by atoms with van der Waals surface area (Å²) in [5, 5.41) is 1.29. The quantitative estimate of drug-likeness (QED) is 0.523. The van der Waals surface area contributed by atoms with Crippen molar-refractivity contribution in [2.75, 3.05) is 0 Å². The Morgan fingerprint density at radius 3 is 2.64 bits per heavy atom. The number of thiol groups is 1. The first-order valence-corrected chi connectivity index (χ1v) is 4.30. The maximum Gasteiger partial charge on any atom is 0.0580 e. The molecule has 0 aliphatic heterocycles. The molecule has 0 saturated carbocycles. The minimum Gasteiger partial charge on any atom is -0.133 e.